The van der Waals surface area contributed by atoms with Crippen molar-refractivity contribution in [1.82, 2.24) is 15.4 Å². The highest BCUT2D eigenvalue weighted by atomic mass is 35.5. The maximum absolute atomic E-state index is 11.9. The summed E-state index contributed by atoms with van der Waals surface area (Å²) in [5, 5.41) is 5.57. The van der Waals surface area contributed by atoms with Crippen LogP contribution >= 0.6 is 23.4 Å². The van der Waals surface area contributed by atoms with Crippen LogP contribution in [0, 0.1) is 0 Å². The highest BCUT2D eigenvalue weighted by Crippen LogP contribution is 2.25. The summed E-state index contributed by atoms with van der Waals surface area (Å²) >= 11 is 7.14. The molecule has 2 aromatic heterocycles. The average Bonchev–Trinajstić information content (AvgIpc) is 3.03. The summed E-state index contributed by atoms with van der Waals surface area (Å²) in [6.45, 7) is 0. The third-order valence-electron chi connectivity index (χ3n) is 2.78. The zero-order valence-corrected chi connectivity index (χ0v) is 13.8. The molecule has 1 amide bonds. The number of rotatable bonds is 5. The van der Waals surface area contributed by atoms with Crippen molar-refractivity contribution in [1.29, 1.82) is 0 Å². The standard InChI is InChI=1S/C16H11ClN4O2S/c17-12-4-1-3-11(9-12)15(22)21-20-10-13-5-6-14(23-13)24-16-18-7-2-8-19-16/h1-10H,(H,21,22). The molecule has 0 saturated heterocycles. The van der Waals surface area contributed by atoms with Gasteiger partial charge in [0.1, 0.15) is 5.76 Å². The molecule has 1 aromatic carbocycles. The lowest BCUT2D eigenvalue weighted by molar-refractivity contribution is 0.0955. The minimum absolute atomic E-state index is 0.354. The summed E-state index contributed by atoms with van der Waals surface area (Å²) in [6.07, 6.45) is 4.73. The highest BCUT2D eigenvalue weighted by molar-refractivity contribution is 7.99. The summed E-state index contributed by atoms with van der Waals surface area (Å²) in [5.74, 6) is 0.146. The van der Waals surface area contributed by atoms with Gasteiger partial charge in [0.15, 0.2) is 10.2 Å². The Morgan fingerprint density at radius 2 is 2.04 bits per heavy atom. The molecule has 0 spiro atoms. The Hall–Kier alpha value is -2.64. The van der Waals surface area contributed by atoms with E-state index >= 15 is 0 Å². The fraction of sp³-hybridized carbons (Fsp3) is 0. The maximum Gasteiger partial charge on any atom is 0.271 e. The number of amides is 1. The van der Waals surface area contributed by atoms with Gasteiger partial charge in [0.05, 0.1) is 6.21 Å². The van der Waals surface area contributed by atoms with Crippen LogP contribution in [0.15, 0.2) is 74.6 Å². The number of carbonyl (C=O) groups is 1. The van der Waals surface area contributed by atoms with Crippen LogP contribution in [0.1, 0.15) is 16.1 Å². The van der Waals surface area contributed by atoms with Gasteiger partial charge in [0.25, 0.3) is 5.91 Å². The largest absolute Gasteiger partial charge is 0.448 e. The lowest BCUT2D eigenvalue weighted by atomic mass is 10.2. The Bertz CT molecular complexity index is 867. The Morgan fingerprint density at radius 1 is 1.21 bits per heavy atom. The number of furan rings is 1. The van der Waals surface area contributed by atoms with Gasteiger partial charge >= 0.3 is 0 Å². The number of hydrogen-bond acceptors (Lipinski definition) is 6. The summed E-state index contributed by atoms with van der Waals surface area (Å²) in [5.41, 5.74) is 2.84. The molecule has 0 radical (unpaired) electrons. The number of nitrogens with zero attached hydrogens (tertiary/aromatic N) is 3. The SMILES string of the molecule is O=C(NN=Cc1ccc(Sc2ncccn2)o1)c1cccc(Cl)c1. The third-order valence-corrected chi connectivity index (χ3v) is 3.83. The molecule has 1 N–H and O–H groups in total. The first-order valence-corrected chi connectivity index (χ1v) is 8.04. The van der Waals surface area contributed by atoms with Crippen LogP contribution < -0.4 is 5.43 Å². The van der Waals surface area contributed by atoms with Crippen LogP contribution in [0.3, 0.4) is 0 Å². The van der Waals surface area contributed by atoms with E-state index in [1.807, 2.05) is 0 Å². The first-order chi connectivity index (χ1) is 11.7. The van der Waals surface area contributed by atoms with E-state index in [-0.39, 0.29) is 5.91 Å². The number of halogens is 1. The molecular formula is C16H11ClN4O2S. The molecular weight excluding hydrogens is 348 g/mol. The maximum atomic E-state index is 11.9. The molecule has 0 unspecified atom stereocenters. The summed E-state index contributed by atoms with van der Waals surface area (Å²) in [4.78, 5) is 20.1. The second kappa shape index (κ2) is 7.76. The number of hydrazone groups is 1. The van der Waals surface area contributed by atoms with E-state index in [1.165, 1.54) is 18.0 Å². The number of aromatic nitrogens is 2. The van der Waals surface area contributed by atoms with Gasteiger partial charge in [-0.25, -0.2) is 15.4 Å². The molecule has 2 heterocycles. The quantitative estimate of drug-likeness (QED) is 0.428. The monoisotopic (exact) mass is 358 g/mol. The molecule has 0 aliphatic carbocycles. The molecule has 120 valence electrons. The van der Waals surface area contributed by atoms with E-state index in [2.05, 4.69) is 20.5 Å². The van der Waals surface area contributed by atoms with Gasteiger partial charge in [0, 0.05) is 23.0 Å². The Labute approximate surface area is 147 Å². The minimum Gasteiger partial charge on any atom is -0.448 e. The second-order valence-electron chi connectivity index (χ2n) is 4.50. The normalized spacial score (nSPS) is 10.9. The van der Waals surface area contributed by atoms with E-state index in [4.69, 9.17) is 16.0 Å². The van der Waals surface area contributed by atoms with Crippen molar-refractivity contribution in [3.63, 3.8) is 0 Å². The molecule has 6 nitrogen and oxygen atoms in total. The number of carbonyl (C=O) groups excluding carboxylic acids is 1. The van der Waals surface area contributed by atoms with E-state index in [0.717, 1.165) is 0 Å². The van der Waals surface area contributed by atoms with Gasteiger partial charge in [-0.15, -0.1) is 0 Å². The molecule has 0 atom stereocenters. The topological polar surface area (TPSA) is 80.4 Å². The van der Waals surface area contributed by atoms with Crippen LogP contribution in [-0.4, -0.2) is 22.1 Å². The first kappa shape index (κ1) is 16.2. The number of benzene rings is 1. The third kappa shape index (κ3) is 4.43. The van der Waals surface area contributed by atoms with Crippen molar-refractivity contribution in [3.05, 3.63) is 71.2 Å². The molecule has 0 bridgehead atoms. The van der Waals surface area contributed by atoms with Gasteiger partial charge in [0.2, 0.25) is 0 Å². The highest BCUT2D eigenvalue weighted by Gasteiger charge is 2.06. The zero-order valence-electron chi connectivity index (χ0n) is 12.2. The van der Waals surface area contributed by atoms with E-state index in [9.17, 15) is 4.79 Å². The van der Waals surface area contributed by atoms with Crippen LogP contribution in [0.25, 0.3) is 0 Å². The fourth-order valence-electron chi connectivity index (χ4n) is 1.74. The molecule has 0 aliphatic rings. The lowest BCUT2D eigenvalue weighted by Crippen LogP contribution is -2.17. The Kier molecular flexibility index (Phi) is 5.25. The van der Waals surface area contributed by atoms with E-state index in [0.29, 0.717) is 26.6 Å². The van der Waals surface area contributed by atoms with Crippen molar-refractivity contribution in [3.8, 4) is 0 Å². The van der Waals surface area contributed by atoms with Crippen molar-refractivity contribution in [2.45, 2.75) is 10.2 Å². The van der Waals surface area contributed by atoms with E-state index in [1.54, 1.807) is 54.9 Å². The molecule has 0 saturated carbocycles. The van der Waals surface area contributed by atoms with Crippen LogP contribution in [0.5, 0.6) is 0 Å². The van der Waals surface area contributed by atoms with Gasteiger partial charge in [-0.2, -0.15) is 5.10 Å². The first-order valence-electron chi connectivity index (χ1n) is 6.84. The summed E-state index contributed by atoms with van der Waals surface area (Å²) in [7, 11) is 0. The Morgan fingerprint density at radius 3 is 2.83 bits per heavy atom. The molecule has 3 aromatic rings. The van der Waals surface area contributed by atoms with E-state index < -0.39 is 0 Å². The van der Waals surface area contributed by atoms with Gasteiger partial charge in [-0.05, 0) is 48.2 Å². The zero-order chi connectivity index (χ0) is 16.8. The van der Waals surface area contributed by atoms with Crippen molar-refractivity contribution < 1.29 is 9.21 Å². The van der Waals surface area contributed by atoms with Gasteiger partial charge in [-0.1, -0.05) is 17.7 Å². The van der Waals surface area contributed by atoms with Gasteiger partial charge in [-0.3, -0.25) is 4.79 Å². The minimum atomic E-state index is -0.354. The van der Waals surface area contributed by atoms with Gasteiger partial charge < -0.3 is 4.42 Å². The van der Waals surface area contributed by atoms with Crippen LogP contribution in [-0.2, 0) is 0 Å². The summed E-state index contributed by atoms with van der Waals surface area (Å²) in [6, 6.07) is 11.9. The molecule has 8 heteroatoms. The fourth-order valence-corrected chi connectivity index (χ4v) is 2.61. The second-order valence-corrected chi connectivity index (χ2v) is 5.91. The molecule has 0 aliphatic heterocycles. The van der Waals surface area contributed by atoms with Crippen molar-refractivity contribution in [2.75, 3.05) is 0 Å². The smallest absolute Gasteiger partial charge is 0.271 e. The Balaban J connectivity index is 1.58. The number of nitrogens with one attached hydrogen (secondary N) is 1. The van der Waals surface area contributed by atoms with Crippen molar-refractivity contribution in [2.24, 2.45) is 5.10 Å². The molecule has 24 heavy (non-hydrogen) atoms. The predicted molar refractivity (Wildman–Crippen MR) is 91.4 cm³/mol. The molecule has 0 fully saturated rings. The molecule has 3 rings (SSSR count). The van der Waals surface area contributed by atoms with Crippen LogP contribution in [0.4, 0.5) is 0 Å². The average molecular weight is 359 g/mol. The summed E-state index contributed by atoms with van der Waals surface area (Å²) < 4.78 is 5.56. The number of hydrogen-bond donors (Lipinski definition) is 1. The van der Waals surface area contributed by atoms with Crippen molar-refractivity contribution >= 4 is 35.5 Å². The lowest BCUT2D eigenvalue weighted by Gasteiger charge is -1.99. The predicted octanol–water partition coefficient (Wildman–Crippen LogP) is 3.64. The van der Waals surface area contributed by atoms with Crippen LogP contribution in [0.2, 0.25) is 5.02 Å².